The summed E-state index contributed by atoms with van der Waals surface area (Å²) in [6.45, 7) is 17.0. The highest BCUT2D eigenvalue weighted by Gasteiger charge is 2.38. The monoisotopic (exact) mass is 1520 g/mol. The number of nitrogens with zero attached hydrogens (tertiary/aromatic N) is 4. The standard InChI is InChI=1S/3C21H34FN3.C19H27FN2O.C2H6.2CH4ClN/c3*1-23-20-9-10-21(24-2)18(13-20)15-25-11-3-4-17(14-25)12-16-5-7-19(22)8-6-16;1-21-18-9-8-17(23)12-19(18)22-10-2-3-15(13-22)11-14-4-6-16(20)7-5-14;1-2;2*1-3-2/h3*5-8,17-18,20-21,23-24H,3-4,9-15H2,1-2H3;4-7,15,18-19,21H,2-3,8-13H2,1H3;1-2H3;2*3H,1H3/t3*17-,18-,20+,21+;15-,18+,19+;;;/m0000.../s1. The second-order valence-electron chi connectivity index (χ2n) is 31.6. The van der Waals surface area contributed by atoms with E-state index >= 15 is 0 Å². The van der Waals surface area contributed by atoms with Crippen LogP contribution >= 0.6 is 23.6 Å². The van der Waals surface area contributed by atoms with Gasteiger partial charge < -0.3 is 51.9 Å². The number of rotatable bonds is 22. The Kier molecular flexibility index (Phi) is 44.6. The van der Waals surface area contributed by atoms with Crippen molar-refractivity contribution in [1.82, 2.24) is 66.5 Å². The first kappa shape index (κ1) is 91.2. The summed E-state index contributed by atoms with van der Waals surface area (Å²) in [5.74, 6) is 4.75. The number of carbonyl (C=O) groups excluding carboxylic acids is 1. The Balaban J connectivity index is 0.000000214. The van der Waals surface area contributed by atoms with Crippen LogP contribution in [0, 0.1) is 64.7 Å². The third-order valence-electron chi connectivity index (χ3n) is 24.3. The maximum atomic E-state index is 13.1. The maximum absolute atomic E-state index is 13.1. The first-order valence-electron chi connectivity index (χ1n) is 41.2. The molecule has 4 aliphatic carbocycles. The molecule has 0 unspecified atom stereocenters. The third-order valence-corrected chi connectivity index (χ3v) is 24.3. The van der Waals surface area contributed by atoms with Crippen molar-refractivity contribution >= 4 is 29.3 Å². The van der Waals surface area contributed by atoms with Gasteiger partial charge in [0.2, 0.25) is 0 Å². The number of Topliss-reactive ketones (excluding diaryl/α,β-unsaturated/α-hetero) is 1. The zero-order chi connectivity index (χ0) is 76.6. The van der Waals surface area contributed by atoms with Crippen LogP contribution in [0.5, 0.6) is 0 Å². The van der Waals surface area contributed by atoms with E-state index in [9.17, 15) is 22.4 Å². The van der Waals surface area contributed by atoms with Gasteiger partial charge in [-0.15, -0.1) is 0 Å². The normalized spacial score (nSPS) is 28.9. The average Bonchev–Trinajstić information content (AvgIpc) is 0.817. The molecular weight excluding hydrogens is 1380 g/mol. The molecule has 12 rings (SSSR count). The second kappa shape index (κ2) is 51.8. The zero-order valence-corrected chi connectivity index (χ0v) is 68.6. The average molecular weight is 1520 g/mol. The summed E-state index contributed by atoms with van der Waals surface area (Å²) in [5, 5.41) is 24.5. The van der Waals surface area contributed by atoms with Gasteiger partial charge in [-0.2, -0.15) is 0 Å². The lowest BCUT2D eigenvalue weighted by Gasteiger charge is -2.43. The van der Waals surface area contributed by atoms with Crippen LogP contribution < -0.4 is 46.9 Å². The van der Waals surface area contributed by atoms with E-state index in [1.54, 1.807) is 62.6 Å². The van der Waals surface area contributed by atoms with Gasteiger partial charge >= 0.3 is 0 Å². The van der Waals surface area contributed by atoms with Crippen LogP contribution in [-0.4, -0.2) is 209 Å². The van der Waals surface area contributed by atoms with Gasteiger partial charge in [0.1, 0.15) is 29.1 Å². The SMILES string of the molecule is CC.CNCl.CNCl.CN[C@@H]1CCC(=O)C[C@H]1N1CCC[C@@H](Cc2ccc(F)cc2)C1.CN[C@@H]1CC[C@@H](NC)[C@H](CN2CCC[C@@H](Cc3ccc(F)cc3)C2)C1.CN[C@@H]1CC[C@@H](NC)[C@H](CN2CCC[C@@H](Cc3ccc(F)cc3)C2)C1.CN[C@@H]1CC[C@@H](NC)[C@H](CN2CCC[C@@H](Cc3ccc(F)cc3)C2)C1. The van der Waals surface area contributed by atoms with E-state index in [0.717, 1.165) is 69.4 Å². The molecule has 9 N–H and O–H groups in total. The lowest BCUT2D eigenvalue weighted by molar-refractivity contribution is -0.123. The van der Waals surface area contributed by atoms with Crippen molar-refractivity contribution < 1.29 is 22.4 Å². The first-order valence-corrected chi connectivity index (χ1v) is 41.9. The summed E-state index contributed by atoms with van der Waals surface area (Å²) in [6, 6.07) is 32.9. The minimum absolute atomic E-state index is 0.136. The maximum Gasteiger partial charge on any atom is 0.134 e. The van der Waals surface area contributed by atoms with E-state index in [4.69, 9.17) is 23.6 Å². The molecule has 8 aliphatic rings. The highest BCUT2D eigenvalue weighted by Crippen LogP contribution is 2.34. The fourth-order valence-electron chi connectivity index (χ4n) is 18.9. The Morgan fingerprint density at radius 2 is 0.632 bits per heavy atom. The summed E-state index contributed by atoms with van der Waals surface area (Å²) >= 11 is 9.50. The molecule has 0 bridgehead atoms. The Morgan fingerprint density at radius 1 is 0.358 bits per heavy atom. The summed E-state index contributed by atoms with van der Waals surface area (Å²) < 4.78 is 52.3. The van der Waals surface area contributed by atoms with Gasteiger partial charge in [0.25, 0.3) is 0 Å². The molecule has 600 valence electrons. The predicted molar refractivity (Wildman–Crippen MR) is 438 cm³/mol. The molecule has 4 heterocycles. The van der Waals surface area contributed by atoms with Crippen LogP contribution in [0.2, 0.25) is 0 Å². The number of likely N-dealkylation sites (tertiary alicyclic amines) is 4. The van der Waals surface area contributed by atoms with Crippen molar-refractivity contribution in [3.05, 3.63) is 143 Å². The highest BCUT2D eigenvalue weighted by atomic mass is 35.5. The van der Waals surface area contributed by atoms with Crippen molar-refractivity contribution in [3.8, 4) is 0 Å². The molecule has 0 aromatic heterocycles. The van der Waals surface area contributed by atoms with Gasteiger partial charge in [0.05, 0.1) is 0 Å². The Hall–Kier alpha value is -3.67. The number of piperidine rings is 4. The zero-order valence-electron chi connectivity index (χ0n) is 67.1. The predicted octanol–water partition coefficient (Wildman–Crippen LogP) is 13.7. The number of nitrogens with one attached hydrogen (secondary N) is 9. The number of hydrogen-bond acceptors (Lipinski definition) is 14. The number of ketones is 1. The van der Waals surface area contributed by atoms with E-state index in [0.29, 0.717) is 84.2 Å². The molecule has 0 spiro atoms. The van der Waals surface area contributed by atoms with Gasteiger partial charge in [-0.3, -0.25) is 9.69 Å². The smallest absolute Gasteiger partial charge is 0.134 e. The molecule has 4 saturated heterocycles. The van der Waals surface area contributed by atoms with Gasteiger partial charge in [-0.05, 0) is 367 Å². The number of carbonyl (C=O) groups is 1. The molecule has 15 atom stereocenters. The van der Waals surface area contributed by atoms with Crippen molar-refractivity contribution in [2.75, 3.05) is 135 Å². The Labute approximate surface area is 650 Å². The molecule has 14 nitrogen and oxygen atoms in total. The van der Waals surface area contributed by atoms with Crippen LogP contribution in [0.1, 0.15) is 165 Å². The number of hydrogen-bond donors (Lipinski definition) is 9. The molecule has 4 aromatic rings. The third kappa shape index (κ3) is 32.6. The second-order valence-corrected chi connectivity index (χ2v) is 32.4. The molecule has 106 heavy (non-hydrogen) atoms. The minimum atomic E-state index is -0.170. The van der Waals surface area contributed by atoms with Gasteiger partial charge in [-0.25, -0.2) is 27.2 Å². The first-order chi connectivity index (χ1) is 51.5. The minimum Gasteiger partial charge on any atom is -0.317 e. The lowest BCUT2D eigenvalue weighted by Crippen LogP contribution is -2.55. The fourth-order valence-corrected chi connectivity index (χ4v) is 18.9. The molecular formula is C86H143Cl2F4N13O. The highest BCUT2D eigenvalue weighted by molar-refractivity contribution is 6.13. The summed E-state index contributed by atoms with van der Waals surface area (Å²) in [6.07, 6.45) is 28.3. The van der Waals surface area contributed by atoms with Crippen LogP contribution in [0.3, 0.4) is 0 Å². The van der Waals surface area contributed by atoms with E-state index in [1.807, 2.05) is 69.4 Å². The van der Waals surface area contributed by atoms with Crippen molar-refractivity contribution in [1.29, 1.82) is 0 Å². The topological polar surface area (TPSA) is 138 Å². The molecule has 0 radical (unpaired) electrons. The number of benzene rings is 4. The number of halogens is 6. The molecule has 4 aromatic carbocycles. The molecule has 4 aliphatic heterocycles. The van der Waals surface area contributed by atoms with Crippen LogP contribution in [0.25, 0.3) is 0 Å². The van der Waals surface area contributed by atoms with Gasteiger partial charge in [0, 0.05) is 107 Å². The summed E-state index contributed by atoms with van der Waals surface area (Å²) in [7, 11) is 17.9. The quantitative estimate of drug-likeness (QED) is 0.0273. The van der Waals surface area contributed by atoms with E-state index < -0.39 is 0 Å². The number of likely N-dealkylation sites (N-methyl/N-ethyl adjacent to an activating group) is 1. The van der Waals surface area contributed by atoms with E-state index in [1.165, 1.54) is 190 Å². The molecule has 20 heteroatoms. The van der Waals surface area contributed by atoms with Crippen molar-refractivity contribution in [2.45, 2.75) is 216 Å². The molecule has 4 saturated carbocycles. The molecule has 0 amide bonds. The van der Waals surface area contributed by atoms with E-state index in [2.05, 4.69) is 109 Å². The lowest BCUT2D eigenvalue weighted by atomic mass is 9.80. The van der Waals surface area contributed by atoms with Crippen LogP contribution in [0.15, 0.2) is 97.1 Å². The largest absolute Gasteiger partial charge is 0.317 e. The van der Waals surface area contributed by atoms with Gasteiger partial charge in [0.15, 0.2) is 0 Å². The van der Waals surface area contributed by atoms with Crippen LogP contribution in [-0.2, 0) is 30.5 Å². The summed E-state index contributed by atoms with van der Waals surface area (Å²) in [4.78, 5) is 26.9. The summed E-state index contributed by atoms with van der Waals surface area (Å²) in [5.41, 5.74) is 5.03. The Bertz CT molecular complexity index is 2680. The van der Waals surface area contributed by atoms with Crippen molar-refractivity contribution in [3.63, 3.8) is 0 Å². The fraction of sp³-hybridized carbons (Fsp3) is 0.709. The van der Waals surface area contributed by atoms with Crippen molar-refractivity contribution in [2.24, 2.45) is 41.4 Å². The Morgan fingerprint density at radius 3 is 0.906 bits per heavy atom. The van der Waals surface area contributed by atoms with E-state index in [-0.39, 0.29) is 23.3 Å². The van der Waals surface area contributed by atoms with Gasteiger partial charge in [-0.1, -0.05) is 62.4 Å². The van der Waals surface area contributed by atoms with Crippen LogP contribution in [0.4, 0.5) is 17.6 Å². The molecule has 8 fully saturated rings.